The van der Waals surface area contributed by atoms with Crippen LogP contribution < -0.4 is 10.1 Å². The van der Waals surface area contributed by atoms with Crippen molar-refractivity contribution in [1.29, 1.82) is 0 Å². The Kier molecular flexibility index (Phi) is 8.26. The molecule has 1 aromatic carbocycles. The predicted molar refractivity (Wildman–Crippen MR) is 79.6 cm³/mol. The van der Waals surface area contributed by atoms with Gasteiger partial charge in [-0.1, -0.05) is 26.0 Å². The molecule has 108 valence electrons. The SMILES string of the molecule is COCCCCOc1ccc(CNCC(C)C)cc1. The fourth-order valence-corrected chi connectivity index (χ4v) is 1.75. The van der Waals surface area contributed by atoms with Crippen LogP contribution in [0.25, 0.3) is 0 Å². The summed E-state index contributed by atoms with van der Waals surface area (Å²) in [7, 11) is 1.73. The quantitative estimate of drug-likeness (QED) is 0.659. The van der Waals surface area contributed by atoms with E-state index in [-0.39, 0.29) is 0 Å². The van der Waals surface area contributed by atoms with Crippen LogP contribution in [0.5, 0.6) is 5.75 Å². The highest BCUT2D eigenvalue weighted by Crippen LogP contribution is 2.12. The molecule has 1 rings (SSSR count). The van der Waals surface area contributed by atoms with Crippen molar-refractivity contribution in [1.82, 2.24) is 5.32 Å². The largest absolute Gasteiger partial charge is 0.494 e. The summed E-state index contributed by atoms with van der Waals surface area (Å²) in [5.41, 5.74) is 1.30. The number of ether oxygens (including phenoxy) is 2. The molecular formula is C16H27NO2. The van der Waals surface area contributed by atoms with Gasteiger partial charge in [0.25, 0.3) is 0 Å². The molecule has 0 radical (unpaired) electrons. The first kappa shape index (κ1) is 16.0. The second-order valence-electron chi connectivity index (χ2n) is 5.22. The lowest BCUT2D eigenvalue weighted by atomic mass is 10.2. The van der Waals surface area contributed by atoms with Gasteiger partial charge in [0.05, 0.1) is 6.61 Å². The summed E-state index contributed by atoms with van der Waals surface area (Å²) in [6.07, 6.45) is 2.08. The minimum atomic E-state index is 0.690. The number of benzene rings is 1. The first-order valence-electron chi connectivity index (χ1n) is 7.13. The maximum atomic E-state index is 5.67. The minimum absolute atomic E-state index is 0.690. The van der Waals surface area contributed by atoms with E-state index >= 15 is 0 Å². The maximum Gasteiger partial charge on any atom is 0.119 e. The van der Waals surface area contributed by atoms with Crippen LogP contribution in [0.4, 0.5) is 0 Å². The fourth-order valence-electron chi connectivity index (χ4n) is 1.75. The summed E-state index contributed by atoms with van der Waals surface area (Å²) in [6.45, 7) is 7.98. The summed E-state index contributed by atoms with van der Waals surface area (Å²) < 4.78 is 10.7. The topological polar surface area (TPSA) is 30.5 Å². The number of hydrogen-bond donors (Lipinski definition) is 1. The van der Waals surface area contributed by atoms with Crippen molar-refractivity contribution in [3.05, 3.63) is 29.8 Å². The van der Waals surface area contributed by atoms with Gasteiger partial charge < -0.3 is 14.8 Å². The lowest BCUT2D eigenvalue weighted by Gasteiger charge is -2.09. The summed E-state index contributed by atoms with van der Waals surface area (Å²) >= 11 is 0. The van der Waals surface area contributed by atoms with E-state index in [4.69, 9.17) is 9.47 Å². The van der Waals surface area contributed by atoms with E-state index < -0.39 is 0 Å². The number of unbranched alkanes of at least 4 members (excludes halogenated alkanes) is 1. The average Bonchev–Trinajstić information content (AvgIpc) is 2.40. The zero-order chi connectivity index (χ0) is 13.9. The molecule has 1 N–H and O–H groups in total. The highest BCUT2D eigenvalue weighted by molar-refractivity contribution is 5.27. The molecule has 0 atom stereocenters. The van der Waals surface area contributed by atoms with E-state index in [1.807, 2.05) is 12.1 Å². The summed E-state index contributed by atoms with van der Waals surface area (Å²) in [5.74, 6) is 1.64. The number of hydrogen-bond acceptors (Lipinski definition) is 3. The van der Waals surface area contributed by atoms with Gasteiger partial charge in [-0.05, 0) is 43.0 Å². The van der Waals surface area contributed by atoms with Gasteiger partial charge in [-0.15, -0.1) is 0 Å². The van der Waals surface area contributed by atoms with Gasteiger partial charge in [-0.3, -0.25) is 0 Å². The van der Waals surface area contributed by atoms with Crippen LogP contribution in [0, 0.1) is 5.92 Å². The third kappa shape index (κ3) is 7.85. The highest BCUT2D eigenvalue weighted by atomic mass is 16.5. The normalized spacial score (nSPS) is 10.9. The van der Waals surface area contributed by atoms with Crippen molar-refractivity contribution in [3.63, 3.8) is 0 Å². The molecule has 0 saturated heterocycles. The standard InChI is InChI=1S/C16H27NO2/c1-14(2)12-17-13-15-6-8-16(9-7-15)19-11-5-4-10-18-3/h6-9,14,17H,4-5,10-13H2,1-3H3. The second kappa shape index (κ2) is 9.82. The first-order chi connectivity index (χ1) is 9.22. The molecule has 0 aliphatic rings. The van der Waals surface area contributed by atoms with Gasteiger partial charge in [0.15, 0.2) is 0 Å². The van der Waals surface area contributed by atoms with E-state index in [9.17, 15) is 0 Å². The van der Waals surface area contributed by atoms with Gasteiger partial charge >= 0.3 is 0 Å². The summed E-state index contributed by atoms with van der Waals surface area (Å²) in [4.78, 5) is 0. The molecule has 0 saturated carbocycles. The van der Waals surface area contributed by atoms with Crippen molar-refractivity contribution in [2.75, 3.05) is 26.9 Å². The van der Waals surface area contributed by atoms with Crippen molar-refractivity contribution >= 4 is 0 Å². The zero-order valence-electron chi connectivity index (χ0n) is 12.4. The summed E-state index contributed by atoms with van der Waals surface area (Å²) in [6, 6.07) is 8.33. The Labute approximate surface area is 117 Å². The number of rotatable bonds is 10. The van der Waals surface area contributed by atoms with E-state index in [0.29, 0.717) is 5.92 Å². The minimum Gasteiger partial charge on any atom is -0.494 e. The fraction of sp³-hybridized carbons (Fsp3) is 0.625. The third-order valence-electron chi connectivity index (χ3n) is 2.82. The van der Waals surface area contributed by atoms with Gasteiger partial charge in [0, 0.05) is 20.3 Å². The van der Waals surface area contributed by atoms with Crippen molar-refractivity contribution in [2.24, 2.45) is 5.92 Å². The molecule has 0 aromatic heterocycles. The van der Waals surface area contributed by atoms with Gasteiger partial charge in [-0.25, -0.2) is 0 Å². The zero-order valence-corrected chi connectivity index (χ0v) is 12.4. The Morgan fingerprint density at radius 2 is 1.74 bits per heavy atom. The molecule has 0 unspecified atom stereocenters. The van der Waals surface area contributed by atoms with Crippen LogP contribution in [0.1, 0.15) is 32.3 Å². The van der Waals surface area contributed by atoms with Crippen molar-refractivity contribution < 1.29 is 9.47 Å². The predicted octanol–water partition coefficient (Wildman–Crippen LogP) is 3.24. The van der Waals surface area contributed by atoms with Crippen LogP contribution >= 0.6 is 0 Å². The molecule has 0 aliphatic heterocycles. The monoisotopic (exact) mass is 265 g/mol. The van der Waals surface area contributed by atoms with E-state index in [1.54, 1.807) is 7.11 Å². The van der Waals surface area contributed by atoms with Crippen molar-refractivity contribution in [2.45, 2.75) is 33.2 Å². The van der Waals surface area contributed by atoms with Crippen LogP contribution in [0.15, 0.2) is 24.3 Å². The molecule has 0 bridgehead atoms. The van der Waals surface area contributed by atoms with E-state index in [1.165, 1.54) is 5.56 Å². The van der Waals surface area contributed by atoms with Crippen LogP contribution in [0.2, 0.25) is 0 Å². The Hall–Kier alpha value is -1.06. The van der Waals surface area contributed by atoms with Crippen LogP contribution in [0.3, 0.4) is 0 Å². The molecule has 1 aromatic rings. The number of nitrogens with one attached hydrogen (secondary N) is 1. The summed E-state index contributed by atoms with van der Waals surface area (Å²) in [5, 5.41) is 3.43. The Bertz CT molecular complexity index is 322. The average molecular weight is 265 g/mol. The second-order valence-corrected chi connectivity index (χ2v) is 5.22. The maximum absolute atomic E-state index is 5.67. The molecule has 0 spiro atoms. The lowest BCUT2D eigenvalue weighted by molar-refractivity contribution is 0.184. The molecule has 0 amide bonds. The van der Waals surface area contributed by atoms with E-state index in [2.05, 4.69) is 31.3 Å². The Balaban J connectivity index is 2.19. The molecular weight excluding hydrogens is 238 g/mol. The van der Waals surface area contributed by atoms with Gasteiger partial charge in [0.2, 0.25) is 0 Å². The van der Waals surface area contributed by atoms with Crippen molar-refractivity contribution in [3.8, 4) is 5.75 Å². The molecule has 3 nitrogen and oxygen atoms in total. The lowest BCUT2D eigenvalue weighted by Crippen LogP contribution is -2.18. The molecule has 3 heteroatoms. The highest BCUT2D eigenvalue weighted by Gasteiger charge is 1.97. The first-order valence-corrected chi connectivity index (χ1v) is 7.13. The van der Waals surface area contributed by atoms with Crippen LogP contribution in [-0.2, 0) is 11.3 Å². The Morgan fingerprint density at radius 1 is 1.05 bits per heavy atom. The third-order valence-corrected chi connectivity index (χ3v) is 2.82. The smallest absolute Gasteiger partial charge is 0.119 e. The molecule has 19 heavy (non-hydrogen) atoms. The Morgan fingerprint density at radius 3 is 2.37 bits per heavy atom. The number of methoxy groups -OCH3 is 1. The molecule has 0 heterocycles. The van der Waals surface area contributed by atoms with E-state index in [0.717, 1.165) is 44.9 Å². The van der Waals surface area contributed by atoms with Crippen LogP contribution in [-0.4, -0.2) is 26.9 Å². The molecule has 0 fully saturated rings. The van der Waals surface area contributed by atoms with Gasteiger partial charge in [-0.2, -0.15) is 0 Å². The van der Waals surface area contributed by atoms with Gasteiger partial charge in [0.1, 0.15) is 5.75 Å². The molecule has 0 aliphatic carbocycles.